The van der Waals surface area contributed by atoms with Crippen molar-refractivity contribution in [2.24, 2.45) is 0 Å². The lowest BCUT2D eigenvalue weighted by molar-refractivity contribution is -0.923. The Bertz CT molecular complexity index is 648. The Morgan fingerprint density at radius 1 is 0.741 bits per heavy atom. The van der Waals surface area contributed by atoms with E-state index in [4.69, 9.17) is 0 Å². The van der Waals surface area contributed by atoms with Gasteiger partial charge in [0.2, 0.25) is 0 Å². The third-order valence-corrected chi connectivity index (χ3v) is 5.98. The van der Waals surface area contributed by atoms with Crippen LogP contribution in [0.15, 0.2) is 0 Å². The number of hydrogen-bond acceptors (Lipinski definition) is 4. The van der Waals surface area contributed by atoms with Crippen molar-refractivity contribution in [3.8, 4) is 0 Å². The molecule has 0 atom stereocenters. The fourth-order valence-electron chi connectivity index (χ4n) is 2.08. The van der Waals surface area contributed by atoms with Gasteiger partial charge in [0.1, 0.15) is 0 Å². The molecular weight excluding hydrogens is 447 g/mol. The van der Waals surface area contributed by atoms with Crippen LogP contribution in [0.1, 0.15) is 19.3 Å². The number of alkyl halides is 9. The summed E-state index contributed by atoms with van der Waals surface area (Å²) < 4.78 is 146. The van der Waals surface area contributed by atoms with Crippen molar-refractivity contribution in [2.45, 2.75) is 36.5 Å². The zero-order chi connectivity index (χ0) is 21.9. The average molecular weight is 462 g/mol. The molecular formula is C10H15F9N2O4S2. The molecule has 1 aliphatic rings. The van der Waals surface area contributed by atoms with Gasteiger partial charge in [0.15, 0.2) is 26.6 Å². The summed E-state index contributed by atoms with van der Waals surface area (Å²) in [5, 5.41) is 0. The Kier molecular flexibility index (Phi) is 8.03. The van der Waals surface area contributed by atoms with Crippen LogP contribution < -0.4 is 0 Å². The first-order valence-corrected chi connectivity index (χ1v) is 9.77. The molecule has 0 aromatic heterocycles. The Hall–Kier alpha value is -0.810. The van der Waals surface area contributed by atoms with Crippen molar-refractivity contribution in [2.75, 3.05) is 26.7 Å². The molecule has 1 saturated heterocycles. The lowest BCUT2D eigenvalue weighted by Crippen LogP contribution is -2.52. The molecule has 0 aromatic carbocycles. The van der Waals surface area contributed by atoms with E-state index in [9.17, 15) is 56.3 Å². The minimum absolute atomic E-state index is 0.184. The van der Waals surface area contributed by atoms with E-state index in [0.717, 1.165) is 23.4 Å². The van der Waals surface area contributed by atoms with Crippen molar-refractivity contribution >= 4 is 20.0 Å². The number of nitrogens with zero attached hydrogens (tertiary/aromatic N) is 2. The van der Waals surface area contributed by atoms with E-state index in [1.165, 1.54) is 0 Å². The summed E-state index contributed by atoms with van der Waals surface area (Å²) in [7, 11) is -11.7. The fraction of sp³-hybridized carbons (Fsp3) is 1.00. The molecule has 0 N–H and O–H groups in total. The van der Waals surface area contributed by atoms with Gasteiger partial charge in [0.25, 0.3) is 0 Å². The van der Waals surface area contributed by atoms with E-state index in [2.05, 4.69) is 0 Å². The molecule has 1 fully saturated rings. The lowest BCUT2D eigenvalue weighted by atomic mass is 10.1. The first-order chi connectivity index (χ1) is 11.6. The normalized spacial score (nSPS) is 19.2. The van der Waals surface area contributed by atoms with Crippen LogP contribution in [0.25, 0.3) is 4.13 Å². The van der Waals surface area contributed by atoms with E-state index in [0.29, 0.717) is 13.1 Å². The Labute approximate surface area is 149 Å². The number of halogens is 9. The number of rotatable bonds is 3. The van der Waals surface area contributed by atoms with Gasteiger partial charge in [-0.1, -0.05) is 0 Å². The molecule has 0 unspecified atom stereocenters. The highest BCUT2D eigenvalue weighted by atomic mass is 32.3. The minimum Gasteiger partial charge on any atom is -0.421 e. The monoisotopic (exact) mass is 462 g/mol. The lowest BCUT2D eigenvalue weighted by Gasteiger charge is -2.38. The molecule has 27 heavy (non-hydrogen) atoms. The van der Waals surface area contributed by atoms with Gasteiger partial charge in [-0.3, -0.25) is 0 Å². The SMILES string of the molecule is C[N+]1(CC(F)(F)F)CCCCC1.O=S(=O)([N-]S(=O)(=O)C(F)(F)F)C(F)(F)F. The number of hydrogen-bond donors (Lipinski definition) is 0. The third kappa shape index (κ3) is 8.82. The number of quaternary nitrogens is 1. The highest BCUT2D eigenvalue weighted by Crippen LogP contribution is 2.36. The largest absolute Gasteiger partial charge is 0.480 e. The van der Waals surface area contributed by atoms with Crippen molar-refractivity contribution in [3.05, 3.63) is 4.13 Å². The second kappa shape index (κ2) is 8.28. The molecule has 0 aliphatic carbocycles. The zero-order valence-electron chi connectivity index (χ0n) is 13.5. The summed E-state index contributed by atoms with van der Waals surface area (Å²) in [5.74, 6) is 0. The van der Waals surface area contributed by atoms with Crippen LogP contribution in [0.2, 0.25) is 0 Å². The smallest absolute Gasteiger partial charge is 0.421 e. The highest BCUT2D eigenvalue weighted by Gasteiger charge is 2.47. The molecule has 0 amide bonds. The van der Waals surface area contributed by atoms with Crippen LogP contribution in [0, 0.1) is 0 Å². The quantitative estimate of drug-likeness (QED) is 0.477. The van der Waals surface area contributed by atoms with Gasteiger partial charge in [-0.25, -0.2) is 16.8 Å². The van der Waals surface area contributed by atoms with E-state index >= 15 is 0 Å². The molecule has 6 nitrogen and oxygen atoms in total. The second-order valence-corrected chi connectivity index (χ2v) is 9.24. The molecule has 1 aliphatic heterocycles. The first kappa shape index (κ1) is 26.2. The number of likely N-dealkylation sites (tertiary alicyclic amines) is 1. The number of sulfonamides is 2. The third-order valence-electron chi connectivity index (χ3n) is 3.24. The van der Waals surface area contributed by atoms with Gasteiger partial charge in [-0.15, -0.1) is 0 Å². The molecule has 0 radical (unpaired) electrons. The highest BCUT2D eigenvalue weighted by molar-refractivity contribution is 8.13. The Balaban J connectivity index is 0.000000511. The van der Waals surface area contributed by atoms with Crippen LogP contribution in [0.3, 0.4) is 0 Å². The van der Waals surface area contributed by atoms with E-state index in [1.807, 2.05) is 0 Å². The van der Waals surface area contributed by atoms with Crippen LogP contribution in [-0.2, 0) is 20.0 Å². The zero-order valence-corrected chi connectivity index (χ0v) is 15.1. The van der Waals surface area contributed by atoms with Gasteiger partial charge in [0, 0.05) is 0 Å². The maximum Gasteiger partial charge on any atom is 0.480 e. The molecule has 0 spiro atoms. The molecule has 0 aromatic rings. The Morgan fingerprint density at radius 2 is 1.07 bits per heavy atom. The predicted octanol–water partition coefficient (Wildman–Crippen LogP) is 3.24. The maximum atomic E-state index is 12.1. The maximum absolute atomic E-state index is 12.1. The van der Waals surface area contributed by atoms with Gasteiger partial charge < -0.3 is 8.61 Å². The van der Waals surface area contributed by atoms with Crippen LogP contribution >= 0.6 is 0 Å². The van der Waals surface area contributed by atoms with Crippen LogP contribution in [-0.4, -0.2) is 65.2 Å². The van der Waals surface area contributed by atoms with Crippen LogP contribution in [0.4, 0.5) is 39.5 Å². The molecule has 0 bridgehead atoms. The van der Waals surface area contributed by atoms with Gasteiger partial charge in [-0.05, 0) is 19.3 Å². The first-order valence-electron chi connectivity index (χ1n) is 6.89. The summed E-state index contributed by atoms with van der Waals surface area (Å²) >= 11 is 0. The van der Waals surface area contributed by atoms with Crippen molar-refractivity contribution in [1.82, 2.24) is 0 Å². The molecule has 0 saturated carbocycles. The van der Waals surface area contributed by atoms with Crippen molar-refractivity contribution < 1.29 is 60.8 Å². The van der Waals surface area contributed by atoms with E-state index in [1.54, 1.807) is 7.05 Å². The van der Waals surface area contributed by atoms with Gasteiger partial charge in [-0.2, -0.15) is 39.5 Å². The van der Waals surface area contributed by atoms with E-state index < -0.39 is 43.8 Å². The standard InChI is InChI=1S/C8H15F3N.C2F6NO4S2/c1-12(7-8(9,10)11)5-3-2-4-6-12;3-1(4,5)14(10,11)9-15(12,13)2(6,7)8/h2-7H2,1H3;/q+1;-1. The van der Waals surface area contributed by atoms with E-state index in [-0.39, 0.29) is 4.48 Å². The molecule has 1 heterocycles. The fourth-order valence-corrected chi connectivity index (χ4v) is 3.79. The second-order valence-electron chi connectivity index (χ2n) is 5.82. The Morgan fingerprint density at radius 3 is 1.33 bits per heavy atom. The van der Waals surface area contributed by atoms with Gasteiger partial charge in [0.05, 0.1) is 20.1 Å². The van der Waals surface area contributed by atoms with Crippen LogP contribution in [0.5, 0.6) is 0 Å². The number of piperidine rings is 1. The van der Waals surface area contributed by atoms with Gasteiger partial charge >= 0.3 is 17.2 Å². The summed E-state index contributed by atoms with van der Waals surface area (Å²) in [6.45, 7) is 0.700. The van der Waals surface area contributed by atoms with Crippen molar-refractivity contribution in [3.63, 3.8) is 0 Å². The molecule has 17 heteroatoms. The van der Waals surface area contributed by atoms with Crippen molar-refractivity contribution in [1.29, 1.82) is 0 Å². The summed E-state index contributed by atoms with van der Waals surface area (Å²) in [4.78, 5) is 0. The average Bonchev–Trinajstić information content (AvgIpc) is 2.33. The topological polar surface area (TPSA) is 82.4 Å². The molecule has 164 valence electrons. The predicted molar refractivity (Wildman–Crippen MR) is 74.0 cm³/mol. The molecule has 1 rings (SSSR count). The summed E-state index contributed by atoms with van der Waals surface area (Å²) in [5.41, 5.74) is -12.4. The summed E-state index contributed by atoms with van der Waals surface area (Å²) in [6.07, 6.45) is -1.04. The minimum atomic E-state index is -6.72. The summed E-state index contributed by atoms with van der Waals surface area (Å²) in [6, 6.07) is 0.